The van der Waals surface area contributed by atoms with E-state index in [1.807, 2.05) is 31.2 Å². The maximum Gasteiger partial charge on any atom is 0.243 e. The van der Waals surface area contributed by atoms with Crippen LogP contribution in [0.15, 0.2) is 24.3 Å². The van der Waals surface area contributed by atoms with Crippen LogP contribution >= 0.6 is 0 Å². The number of carbonyl (C=O) groups excluding carboxylic acids is 2. The second kappa shape index (κ2) is 7.81. The van der Waals surface area contributed by atoms with Crippen molar-refractivity contribution < 1.29 is 9.59 Å². The van der Waals surface area contributed by atoms with Crippen LogP contribution in [-0.2, 0) is 15.0 Å². The van der Waals surface area contributed by atoms with Gasteiger partial charge in [-0.15, -0.1) is 0 Å². The summed E-state index contributed by atoms with van der Waals surface area (Å²) in [4.78, 5) is 23.2. The predicted octanol–water partition coefficient (Wildman–Crippen LogP) is 3.23. The third-order valence-electron chi connectivity index (χ3n) is 3.24. The van der Waals surface area contributed by atoms with Crippen LogP contribution in [0.25, 0.3) is 0 Å². The zero-order valence-electron chi connectivity index (χ0n) is 13.5. The topological polar surface area (TPSA) is 58.2 Å². The maximum absolute atomic E-state index is 11.7. The summed E-state index contributed by atoms with van der Waals surface area (Å²) in [5.41, 5.74) is 2.06. The van der Waals surface area contributed by atoms with Crippen molar-refractivity contribution in [2.75, 3.05) is 11.9 Å². The molecule has 4 nitrogen and oxygen atoms in total. The molecule has 2 amide bonds. The van der Waals surface area contributed by atoms with Crippen LogP contribution in [0.3, 0.4) is 0 Å². The van der Waals surface area contributed by atoms with E-state index in [9.17, 15) is 9.59 Å². The van der Waals surface area contributed by atoms with Gasteiger partial charge in [0, 0.05) is 12.1 Å². The van der Waals surface area contributed by atoms with Crippen molar-refractivity contribution in [1.82, 2.24) is 5.32 Å². The molecule has 0 spiro atoms. The summed E-state index contributed by atoms with van der Waals surface area (Å²) in [5, 5.41) is 5.40. The van der Waals surface area contributed by atoms with Gasteiger partial charge >= 0.3 is 0 Å². The third-order valence-corrected chi connectivity index (χ3v) is 3.24. The summed E-state index contributed by atoms with van der Waals surface area (Å²) in [6, 6.07) is 7.79. The Balaban J connectivity index is 2.43. The number of nitrogens with one attached hydrogen (secondary N) is 2. The number of amides is 2. The molecule has 0 aliphatic heterocycles. The van der Waals surface area contributed by atoms with Gasteiger partial charge in [-0.2, -0.15) is 0 Å². The molecule has 0 aromatic heterocycles. The van der Waals surface area contributed by atoms with Gasteiger partial charge < -0.3 is 10.6 Å². The van der Waals surface area contributed by atoms with E-state index in [-0.39, 0.29) is 23.8 Å². The lowest BCUT2D eigenvalue weighted by atomic mass is 9.87. The van der Waals surface area contributed by atoms with E-state index in [1.165, 1.54) is 5.56 Å². The first-order valence-corrected chi connectivity index (χ1v) is 7.50. The Morgan fingerprint density at radius 2 is 1.67 bits per heavy atom. The highest BCUT2D eigenvalue weighted by Gasteiger charge is 2.13. The summed E-state index contributed by atoms with van der Waals surface area (Å²) in [7, 11) is 0. The van der Waals surface area contributed by atoms with E-state index in [0.29, 0.717) is 6.42 Å². The van der Waals surface area contributed by atoms with E-state index in [4.69, 9.17) is 0 Å². The molecule has 0 atom stereocenters. The number of unbranched alkanes of at least 4 members (excludes halogenated alkanes) is 1. The molecule has 0 bridgehead atoms. The SMILES string of the molecule is CCCCC(=O)NCC(=O)Nc1ccc(C(C)(C)C)cc1. The van der Waals surface area contributed by atoms with Crippen molar-refractivity contribution >= 4 is 17.5 Å². The minimum absolute atomic E-state index is 0.0174. The van der Waals surface area contributed by atoms with E-state index < -0.39 is 0 Å². The summed E-state index contributed by atoms with van der Waals surface area (Å²) >= 11 is 0. The summed E-state index contributed by atoms with van der Waals surface area (Å²) in [5.74, 6) is -0.279. The largest absolute Gasteiger partial charge is 0.347 e. The molecule has 0 saturated carbocycles. The van der Waals surface area contributed by atoms with Crippen molar-refractivity contribution in [1.29, 1.82) is 0 Å². The van der Waals surface area contributed by atoms with Crippen LogP contribution in [0, 0.1) is 0 Å². The van der Waals surface area contributed by atoms with Gasteiger partial charge in [-0.25, -0.2) is 0 Å². The molecule has 1 aromatic carbocycles. The van der Waals surface area contributed by atoms with Crippen molar-refractivity contribution in [3.8, 4) is 0 Å². The highest BCUT2D eigenvalue weighted by Crippen LogP contribution is 2.23. The molecule has 0 aliphatic rings. The van der Waals surface area contributed by atoms with Crippen LogP contribution in [-0.4, -0.2) is 18.4 Å². The number of carbonyl (C=O) groups is 2. The minimum Gasteiger partial charge on any atom is -0.347 e. The van der Waals surface area contributed by atoms with Gasteiger partial charge in [0.1, 0.15) is 0 Å². The number of hydrogen-bond donors (Lipinski definition) is 2. The van der Waals surface area contributed by atoms with Crippen LogP contribution in [0.4, 0.5) is 5.69 Å². The highest BCUT2D eigenvalue weighted by atomic mass is 16.2. The zero-order valence-corrected chi connectivity index (χ0v) is 13.5. The fourth-order valence-corrected chi connectivity index (χ4v) is 1.86. The molecule has 0 saturated heterocycles. The fraction of sp³-hybridized carbons (Fsp3) is 0.529. The van der Waals surface area contributed by atoms with Crippen LogP contribution in [0.2, 0.25) is 0 Å². The molecule has 1 aromatic rings. The molecule has 21 heavy (non-hydrogen) atoms. The lowest BCUT2D eigenvalue weighted by molar-refractivity contribution is -0.124. The smallest absolute Gasteiger partial charge is 0.243 e. The van der Waals surface area contributed by atoms with E-state index in [0.717, 1.165) is 18.5 Å². The summed E-state index contributed by atoms with van der Waals surface area (Å²) in [6.07, 6.45) is 2.30. The lowest BCUT2D eigenvalue weighted by Crippen LogP contribution is -2.32. The van der Waals surface area contributed by atoms with E-state index in [1.54, 1.807) is 0 Å². The summed E-state index contributed by atoms with van der Waals surface area (Å²) < 4.78 is 0. The Morgan fingerprint density at radius 3 is 2.19 bits per heavy atom. The normalized spacial score (nSPS) is 11.0. The molecule has 116 valence electrons. The fourth-order valence-electron chi connectivity index (χ4n) is 1.86. The summed E-state index contributed by atoms with van der Waals surface area (Å²) in [6.45, 7) is 8.48. The third kappa shape index (κ3) is 6.43. The van der Waals surface area contributed by atoms with E-state index in [2.05, 4.69) is 31.4 Å². The molecule has 4 heteroatoms. The van der Waals surface area contributed by atoms with Crippen molar-refractivity contribution in [2.24, 2.45) is 0 Å². The molecule has 0 fully saturated rings. The Morgan fingerprint density at radius 1 is 1.05 bits per heavy atom. The van der Waals surface area contributed by atoms with Crippen LogP contribution in [0.5, 0.6) is 0 Å². The average molecular weight is 290 g/mol. The Bertz CT molecular complexity index is 473. The lowest BCUT2D eigenvalue weighted by Gasteiger charge is -2.19. The van der Waals surface area contributed by atoms with Gasteiger partial charge in [0.15, 0.2) is 0 Å². The molecular weight excluding hydrogens is 264 g/mol. The monoisotopic (exact) mass is 290 g/mol. The second-order valence-electron chi connectivity index (χ2n) is 6.26. The molecule has 0 aliphatic carbocycles. The number of rotatable bonds is 6. The molecular formula is C17H26N2O2. The maximum atomic E-state index is 11.7. The molecule has 2 N–H and O–H groups in total. The Labute approximate surface area is 127 Å². The van der Waals surface area contributed by atoms with Gasteiger partial charge in [0.05, 0.1) is 6.54 Å². The quantitative estimate of drug-likeness (QED) is 0.845. The van der Waals surface area contributed by atoms with Crippen molar-refractivity contribution in [3.63, 3.8) is 0 Å². The standard InChI is InChI=1S/C17H26N2O2/c1-5-6-7-15(20)18-12-16(21)19-14-10-8-13(9-11-14)17(2,3)4/h8-11H,5-7,12H2,1-4H3,(H,18,20)(H,19,21). The predicted molar refractivity (Wildman–Crippen MR) is 86.3 cm³/mol. The zero-order chi connectivity index (χ0) is 15.9. The first-order valence-electron chi connectivity index (χ1n) is 7.50. The van der Waals surface area contributed by atoms with Gasteiger partial charge in [-0.3, -0.25) is 9.59 Å². The highest BCUT2D eigenvalue weighted by molar-refractivity contribution is 5.94. The minimum atomic E-state index is -0.205. The molecule has 0 unspecified atom stereocenters. The van der Waals surface area contributed by atoms with Crippen LogP contribution in [0.1, 0.15) is 52.5 Å². The average Bonchev–Trinajstić information content (AvgIpc) is 2.42. The van der Waals surface area contributed by atoms with Gasteiger partial charge in [-0.1, -0.05) is 46.2 Å². The van der Waals surface area contributed by atoms with Gasteiger partial charge in [0.2, 0.25) is 11.8 Å². The van der Waals surface area contributed by atoms with Gasteiger partial charge in [0.25, 0.3) is 0 Å². The molecule has 1 rings (SSSR count). The second-order valence-corrected chi connectivity index (χ2v) is 6.26. The van der Waals surface area contributed by atoms with Crippen molar-refractivity contribution in [2.45, 2.75) is 52.4 Å². The van der Waals surface area contributed by atoms with Gasteiger partial charge in [-0.05, 0) is 29.5 Å². The Hall–Kier alpha value is -1.84. The molecule has 0 heterocycles. The van der Waals surface area contributed by atoms with E-state index >= 15 is 0 Å². The number of benzene rings is 1. The van der Waals surface area contributed by atoms with Crippen LogP contribution < -0.4 is 10.6 Å². The molecule has 0 radical (unpaired) electrons. The van der Waals surface area contributed by atoms with Crippen molar-refractivity contribution in [3.05, 3.63) is 29.8 Å². The Kier molecular flexibility index (Phi) is 6.40. The first kappa shape index (κ1) is 17.2. The number of hydrogen-bond acceptors (Lipinski definition) is 2. The number of anilines is 1. The first-order chi connectivity index (χ1) is 9.82.